The lowest BCUT2D eigenvalue weighted by atomic mass is 9.86. The van der Waals surface area contributed by atoms with Crippen LogP contribution in [0.4, 0.5) is 14.5 Å². The van der Waals surface area contributed by atoms with Crippen LogP contribution in [-0.4, -0.2) is 35.6 Å². The molecular formula is C40H43F2N3. The van der Waals surface area contributed by atoms with Gasteiger partial charge in [-0.05, 0) is 112 Å². The molecule has 1 aliphatic carbocycles. The average molecular weight is 604 g/mol. The van der Waals surface area contributed by atoms with Crippen LogP contribution in [0.15, 0.2) is 101 Å². The number of nitrogens with one attached hydrogen (secondary N) is 1. The number of allylic oxidation sites excluding steroid dienone is 2. The van der Waals surface area contributed by atoms with E-state index >= 15 is 0 Å². The van der Waals surface area contributed by atoms with Crippen molar-refractivity contribution in [3.8, 4) is 12.3 Å². The molecule has 232 valence electrons. The Balaban J connectivity index is 0.00000148. The Morgan fingerprint density at radius 2 is 1.73 bits per heavy atom. The van der Waals surface area contributed by atoms with Crippen molar-refractivity contribution in [1.29, 1.82) is 5.41 Å². The number of terminal acetylenes is 1. The molecule has 0 radical (unpaired) electrons. The first-order valence-corrected chi connectivity index (χ1v) is 15.6. The summed E-state index contributed by atoms with van der Waals surface area (Å²) in [5.41, 5.74) is 11.8. The van der Waals surface area contributed by atoms with E-state index in [0.717, 1.165) is 84.6 Å². The molecule has 1 saturated heterocycles. The van der Waals surface area contributed by atoms with E-state index < -0.39 is 6.17 Å². The van der Waals surface area contributed by atoms with Crippen LogP contribution in [0, 0.1) is 43.3 Å². The molecule has 3 nitrogen and oxygen atoms in total. The highest BCUT2D eigenvalue weighted by Crippen LogP contribution is 2.30. The fraction of sp³-hybridized carbons (Fsp3) is 0.325. The van der Waals surface area contributed by atoms with Crippen LogP contribution in [0.1, 0.15) is 66.8 Å². The topological polar surface area (TPSA) is 39.5 Å². The number of piperidine rings is 1. The van der Waals surface area contributed by atoms with Gasteiger partial charge in [0.05, 0.1) is 11.4 Å². The molecule has 5 rings (SSSR count). The highest BCUT2D eigenvalue weighted by atomic mass is 19.1. The minimum absolute atomic E-state index is 0.211. The predicted octanol–water partition coefficient (Wildman–Crippen LogP) is 9.64. The van der Waals surface area contributed by atoms with Crippen molar-refractivity contribution in [1.82, 2.24) is 4.90 Å². The summed E-state index contributed by atoms with van der Waals surface area (Å²) >= 11 is 0. The Labute approximate surface area is 267 Å². The van der Waals surface area contributed by atoms with Gasteiger partial charge in [0.15, 0.2) is 0 Å². The van der Waals surface area contributed by atoms with Gasteiger partial charge in [-0.15, -0.1) is 18.1 Å². The number of halogens is 2. The third-order valence-electron chi connectivity index (χ3n) is 8.44. The standard InChI is InChI=1S/C37H39F2N3.C3H4/c1-25-8-4-7-11-35(25)41-37(26(2)12-13-28-14-16-31(38)23-28)30-18-20-42(21-19-30)24-29-15-17-32(27(3)22-29)36(40)33-9-5-6-10-34(33)39;1-3-2/h4-11,15-17,22,30-31,40H,2,12-13,18-21,23-24H2,1,3H3;1H,2H3. The second-order valence-corrected chi connectivity index (χ2v) is 11.9. The highest BCUT2D eigenvalue weighted by molar-refractivity contribution is 6.11. The van der Waals surface area contributed by atoms with Crippen molar-refractivity contribution in [3.05, 3.63) is 130 Å². The quantitative estimate of drug-likeness (QED) is 0.140. The van der Waals surface area contributed by atoms with E-state index in [4.69, 9.17) is 10.4 Å². The fourth-order valence-electron chi connectivity index (χ4n) is 5.98. The van der Waals surface area contributed by atoms with Gasteiger partial charge in [-0.2, -0.15) is 0 Å². The number of rotatable bonds is 10. The Hall–Kier alpha value is -4.36. The normalized spacial score (nSPS) is 16.8. The second kappa shape index (κ2) is 16.1. The van der Waals surface area contributed by atoms with Crippen LogP contribution < -0.4 is 0 Å². The molecule has 1 fully saturated rings. The van der Waals surface area contributed by atoms with Crippen molar-refractivity contribution in [2.45, 2.75) is 65.6 Å². The van der Waals surface area contributed by atoms with Gasteiger partial charge in [-0.1, -0.05) is 55.1 Å². The van der Waals surface area contributed by atoms with E-state index in [1.165, 1.54) is 17.7 Å². The van der Waals surface area contributed by atoms with Crippen LogP contribution in [0.3, 0.4) is 0 Å². The van der Waals surface area contributed by atoms with Gasteiger partial charge in [0.2, 0.25) is 0 Å². The second-order valence-electron chi connectivity index (χ2n) is 11.9. The van der Waals surface area contributed by atoms with Gasteiger partial charge >= 0.3 is 0 Å². The average Bonchev–Trinajstić information content (AvgIpc) is 3.45. The molecule has 1 N–H and O–H groups in total. The van der Waals surface area contributed by atoms with Crippen LogP contribution in [0.25, 0.3) is 0 Å². The van der Waals surface area contributed by atoms with Gasteiger partial charge in [-0.25, -0.2) is 8.78 Å². The van der Waals surface area contributed by atoms with E-state index in [9.17, 15) is 8.78 Å². The number of benzene rings is 3. The minimum atomic E-state index is -0.906. The summed E-state index contributed by atoms with van der Waals surface area (Å²) in [6, 6.07) is 20.8. The van der Waals surface area contributed by atoms with E-state index in [0.29, 0.717) is 17.9 Å². The molecule has 45 heavy (non-hydrogen) atoms. The lowest BCUT2D eigenvalue weighted by Crippen LogP contribution is -2.36. The lowest BCUT2D eigenvalue weighted by molar-refractivity contribution is 0.202. The first kappa shape index (κ1) is 33.5. The summed E-state index contributed by atoms with van der Waals surface area (Å²) in [6.45, 7) is 12.9. The number of para-hydroxylation sites is 1. The fourth-order valence-corrected chi connectivity index (χ4v) is 5.98. The van der Waals surface area contributed by atoms with Crippen molar-refractivity contribution in [2.24, 2.45) is 10.9 Å². The van der Waals surface area contributed by atoms with Gasteiger partial charge < -0.3 is 0 Å². The zero-order chi connectivity index (χ0) is 32.3. The molecule has 2 aliphatic rings. The third kappa shape index (κ3) is 9.08. The SMILES string of the molecule is C#CC.C=C(CCC1=C=CC(F)C1)C(=Nc1ccccc1C)C1CCN(Cc2ccc(C(=N)c3ccccc3F)c(C)c2)CC1. The molecule has 1 aliphatic heterocycles. The van der Waals surface area contributed by atoms with E-state index in [-0.39, 0.29) is 11.5 Å². The predicted molar refractivity (Wildman–Crippen MR) is 184 cm³/mol. The largest absolute Gasteiger partial charge is 0.300 e. The van der Waals surface area contributed by atoms with Crippen LogP contribution in [0.2, 0.25) is 0 Å². The van der Waals surface area contributed by atoms with Crippen LogP contribution >= 0.6 is 0 Å². The molecular weight excluding hydrogens is 560 g/mol. The third-order valence-corrected chi connectivity index (χ3v) is 8.44. The Morgan fingerprint density at radius 1 is 1.04 bits per heavy atom. The van der Waals surface area contributed by atoms with Crippen LogP contribution in [-0.2, 0) is 6.54 Å². The van der Waals surface area contributed by atoms with E-state index in [2.05, 4.69) is 60.7 Å². The monoisotopic (exact) mass is 603 g/mol. The molecule has 3 aromatic carbocycles. The first-order chi connectivity index (χ1) is 21.7. The Morgan fingerprint density at radius 3 is 2.38 bits per heavy atom. The molecule has 0 amide bonds. The zero-order valence-corrected chi connectivity index (χ0v) is 26.7. The molecule has 5 heteroatoms. The Kier molecular flexibility index (Phi) is 12.0. The van der Waals surface area contributed by atoms with Crippen LogP contribution in [0.5, 0.6) is 0 Å². The number of likely N-dealkylation sites (tertiary alicyclic amines) is 1. The molecule has 0 bridgehead atoms. The summed E-state index contributed by atoms with van der Waals surface area (Å²) < 4.78 is 27.9. The maximum absolute atomic E-state index is 14.3. The van der Waals surface area contributed by atoms with E-state index in [1.807, 2.05) is 25.1 Å². The molecule has 1 heterocycles. The molecule has 0 spiro atoms. The Bertz CT molecular complexity index is 1660. The maximum atomic E-state index is 14.3. The minimum Gasteiger partial charge on any atom is -0.300 e. The summed E-state index contributed by atoms with van der Waals surface area (Å²) in [5.74, 6) is 2.20. The maximum Gasteiger partial charge on any atom is 0.132 e. The van der Waals surface area contributed by atoms with E-state index in [1.54, 1.807) is 25.1 Å². The van der Waals surface area contributed by atoms with Crippen molar-refractivity contribution in [3.63, 3.8) is 0 Å². The number of aliphatic imine (C=N–C) groups is 1. The molecule has 3 aromatic rings. The van der Waals surface area contributed by atoms with Gasteiger partial charge in [0.1, 0.15) is 12.0 Å². The van der Waals surface area contributed by atoms with Gasteiger partial charge in [-0.3, -0.25) is 15.3 Å². The number of alkyl halides is 1. The van der Waals surface area contributed by atoms with Crippen molar-refractivity contribution in [2.75, 3.05) is 13.1 Å². The number of aryl methyl sites for hydroxylation is 2. The lowest BCUT2D eigenvalue weighted by Gasteiger charge is -2.33. The molecule has 0 aromatic heterocycles. The smallest absolute Gasteiger partial charge is 0.132 e. The number of nitrogens with zero attached hydrogens (tertiary/aromatic N) is 2. The summed E-state index contributed by atoms with van der Waals surface area (Å²) in [4.78, 5) is 7.63. The van der Waals surface area contributed by atoms with Crippen molar-refractivity contribution >= 4 is 17.1 Å². The summed E-state index contributed by atoms with van der Waals surface area (Å²) in [7, 11) is 0. The molecule has 1 unspecified atom stereocenters. The van der Waals surface area contributed by atoms with Gasteiger partial charge in [0.25, 0.3) is 0 Å². The number of hydrogen-bond acceptors (Lipinski definition) is 3. The summed E-state index contributed by atoms with van der Waals surface area (Å²) in [5, 5.41) is 8.56. The van der Waals surface area contributed by atoms with Gasteiger partial charge in [0, 0.05) is 35.7 Å². The van der Waals surface area contributed by atoms with Crippen molar-refractivity contribution < 1.29 is 8.78 Å². The first-order valence-electron chi connectivity index (χ1n) is 15.6. The number of hydrogen-bond donors (Lipinski definition) is 1. The molecule has 1 atom stereocenters. The molecule has 0 saturated carbocycles. The summed E-state index contributed by atoms with van der Waals surface area (Å²) in [6.07, 6.45) is 9.18. The highest BCUT2D eigenvalue weighted by Gasteiger charge is 2.26. The zero-order valence-electron chi connectivity index (χ0n) is 26.7.